The molecule has 2 bridgehead atoms. The molecular formula is C20H20N4O3. The summed E-state index contributed by atoms with van der Waals surface area (Å²) in [6.45, 7) is 1.93. The highest BCUT2D eigenvalue weighted by atomic mass is 16.3. The normalized spacial score (nSPS) is 21.1. The minimum atomic E-state index is -0.00104. The van der Waals surface area contributed by atoms with Crippen LogP contribution in [0.5, 0.6) is 0 Å². The van der Waals surface area contributed by atoms with Crippen LogP contribution >= 0.6 is 0 Å². The average Bonchev–Trinajstić information content (AvgIpc) is 3.34. The summed E-state index contributed by atoms with van der Waals surface area (Å²) in [5.41, 5.74) is 2.22. The van der Waals surface area contributed by atoms with Gasteiger partial charge in [-0.2, -0.15) is 0 Å². The van der Waals surface area contributed by atoms with E-state index >= 15 is 0 Å². The molecule has 138 valence electrons. The molecule has 0 unspecified atom stereocenters. The van der Waals surface area contributed by atoms with Gasteiger partial charge in [-0.15, -0.1) is 0 Å². The maximum atomic E-state index is 13.1. The molecule has 7 heteroatoms. The molecule has 0 N–H and O–H groups in total. The van der Waals surface area contributed by atoms with E-state index in [1.807, 2.05) is 39.4 Å². The second kappa shape index (κ2) is 5.97. The lowest BCUT2D eigenvalue weighted by molar-refractivity contribution is 0.0594. The lowest BCUT2D eigenvalue weighted by atomic mass is 9.82. The Labute approximate surface area is 155 Å². The molecule has 0 saturated carbocycles. The first-order valence-corrected chi connectivity index (χ1v) is 9.14. The second-order valence-corrected chi connectivity index (χ2v) is 7.47. The zero-order valence-corrected chi connectivity index (χ0v) is 15.0. The van der Waals surface area contributed by atoms with Gasteiger partial charge in [-0.05, 0) is 30.5 Å². The molecular weight excluding hydrogens is 344 g/mol. The summed E-state index contributed by atoms with van der Waals surface area (Å²) < 4.78 is 8.80. The number of nitrogens with zero attached hydrogens (tertiary/aromatic N) is 4. The number of piperidine rings is 1. The number of hydrogen-bond acceptors (Lipinski definition) is 4. The first-order valence-electron chi connectivity index (χ1n) is 9.14. The molecule has 0 aromatic carbocycles. The fourth-order valence-electron chi connectivity index (χ4n) is 4.48. The summed E-state index contributed by atoms with van der Waals surface area (Å²) in [6, 6.07) is 5.59. The Balaban J connectivity index is 1.50. The number of imidazole rings is 1. The van der Waals surface area contributed by atoms with E-state index in [0.717, 1.165) is 12.1 Å². The highest BCUT2D eigenvalue weighted by molar-refractivity contribution is 5.94. The van der Waals surface area contributed by atoms with Gasteiger partial charge in [0.15, 0.2) is 0 Å². The second-order valence-electron chi connectivity index (χ2n) is 7.47. The maximum absolute atomic E-state index is 13.1. The van der Waals surface area contributed by atoms with E-state index in [9.17, 15) is 9.59 Å². The first-order chi connectivity index (χ1) is 13.1. The molecule has 2 atom stereocenters. The number of carbonyl (C=O) groups is 1. The number of aryl methyl sites for hydroxylation is 1. The van der Waals surface area contributed by atoms with Crippen LogP contribution in [0.3, 0.4) is 0 Å². The van der Waals surface area contributed by atoms with Crippen LogP contribution in [-0.2, 0) is 13.6 Å². The van der Waals surface area contributed by atoms with Crippen molar-refractivity contribution >= 4 is 5.91 Å². The SMILES string of the molecule is Cn1ccnc1-c1ccc2n(c1=O)C[C@H]1C[C@@H]2CN(C(=O)c2ccoc2)C1. The summed E-state index contributed by atoms with van der Waals surface area (Å²) in [4.78, 5) is 32.0. The highest BCUT2D eigenvalue weighted by Gasteiger charge is 2.37. The van der Waals surface area contributed by atoms with Crippen LogP contribution in [0.15, 0.2) is 52.3 Å². The van der Waals surface area contributed by atoms with Gasteiger partial charge in [0.25, 0.3) is 11.5 Å². The van der Waals surface area contributed by atoms with Gasteiger partial charge < -0.3 is 18.5 Å². The van der Waals surface area contributed by atoms with E-state index in [1.54, 1.807) is 12.3 Å². The number of likely N-dealkylation sites (tertiary alicyclic amines) is 1. The molecule has 2 aliphatic heterocycles. The zero-order valence-electron chi connectivity index (χ0n) is 15.0. The standard InChI is InChI=1S/C20H20N4O3/c1-22-6-5-21-18(22)16-2-3-17-15-8-13(10-24(17)20(16)26)9-23(11-15)19(25)14-4-7-27-12-14/h2-7,12-13,15H,8-11H2,1H3/t13-,15+/m0/s1. The largest absolute Gasteiger partial charge is 0.472 e. The Kier molecular flexibility index (Phi) is 3.56. The topological polar surface area (TPSA) is 73.3 Å². The van der Waals surface area contributed by atoms with E-state index in [-0.39, 0.29) is 23.3 Å². The lowest BCUT2D eigenvalue weighted by Crippen LogP contribution is -2.49. The van der Waals surface area contributed by atoms with Gasteiger partial charge in [-0.3, -0.25) is 9.59 Å². The predicted octanol–water partition coefficient (Wildman–Crippen LogP) is 2.10. The van der Waals surface area contributed by atoms with E-state index in [4.69, 9.17) is 4.42 Å². The molecule has 0 spiro atoms. The van der Waals surface area contributed by atoms with Gasteiger partial charge in [0.1, 0.15) is 12.1 Å². The molecule has 27 heavy (non-hydrogen) atoms. The maximum Gasteiger partial charge on any atom is 0.261 e. The minimum Gasteiger partial charge on any atom is -0.472 e. The predicted molar refractivity (Wildman–Crippen MR) is 98.4 cm³/mol. The summed E-state index contributed by atoms with van der Waals surface area (Å²) in [5.74, 6) is 1.14. The fourth-order valence-corrected chi connectivity index (χ4v) is 4.48. The van der Waals surface area contributed by atoms with E-state index in [2.05, 4.69) is 4.98 Å². The number of furan rings is 1. The molecule has 5 rings (SSSR count). The van der Waals surface area contributed by atoms with Crippen molar-refractivity contribution < 1.29 is 9.21 Å². The molecule has 0 radical (unpaired) electrons. The van der Waals surface area contributed by atoms with Crippen molar-refractivity contribution in [3.8, 4) is 11.4 Å². The number of rotatable bonds is 2. The van der Waals surface area contributed by atoms with Crippen LogP contribution < -0.4 is 5.56 Å². The molecule has 0 aliphatic carbocycles. The molecule has 1 saturated heterocycles. The third-order valence-corrected chi connectivity index (χ3v) is 5.72. The van der Waals surface area contributed by atoms with Crippen LogP contribution in [0.4, 0.5) is 0 Å². The Bertz CT molecular complexity index is 1060. The molecule has 2 aliphatic rings. The highest BCUT2D eigenvalue weighted by Crippen LogP contribution is 2.36. The average molecular weight is 364 g/mol. The number of aromatic nitrogens is 3. The molecule has 3 aromatic rings. The number of hydrogen-bond donors (Lipinski definition) is 0. The Morgan fingerprint density at radius 1 is 1.22 bits per heavy atom. The Morgan fingerprint density at radius 2 is 2.11 bits per heavy atom. The number of fused-ring (bicyclic) bond motifs is 4. The molecule has 7 nitrogen and oxygen atoms in total. The van der Waals surface area contributed by atoms with Gasteiger partial charge >= 0.3 is 0 Å². The third kappa shape index (κ3) is 2.53. The Morgan fingerprint density at radius 3 is 2.85 bits per heavy atom. The summed E-state index contributed by atoms with van der Waals surface area (Å²) in [5, 5.41) is 0. The van der Waals surface area contributed by atoms with Crippen LogP contribution in [0.25, 0.3) is 11.4 Å². The van der Waals surface area contributed by atoms with Crippen molar-refractivity contribution in [2.24, 2.45) is 13.0 Å². The number of carbonyl (C=O) groups excluding carboxylic acids is 1. The molecule has 3 aromatic heterocycles. The minimum absolute atomic E-state index is 0.00104. The van der Waals surface area contributed by atoms with Crippen molar-refractivity contribution in [3.05, 3.63) is 64.7 Å². The third-order valence-electron chi connectivity index (χ3n) is 5.72. The van der Waals surface area contributed by atoms with Crippen molar-refractivity contribution in [1.29, 1.82) is 0 Å². The smallest absolute Gasteiger partial charge is 0.261 e. The van der Waals surface area contributed by atoms with Gasteiger partial charge in [0.05, 0.1) is 17.4 Å². The number of amides is 1. The zero-order chi connectivity index (χ0) is 18.5. The summed E-state index contributed by atoms with van der Waals surface area (Å²) in [7, 11) is 1.89. The first kappa shape index (κ1) is 16.1. The monoisotopic (exact) mass is 364 g/mol. The van der Waals surface area contributed by atoms with Gasteiger partial charge in [-0.1, -0.05) is 0 Å². The quantitative estimate of drug-likeness (QED) is 0.698. The molecule has 1 fully saturated rings. The van der Waals surface area contributed by atoms with Crippen LogP contribution in [0.1, 0.15) is 28.4 Å². The Hall–Kier alpha value is -3.09. The van der Waals surface area contributed by atoms with Crippen molar-refractivity contribution in [3.63, 3.8) is 0 Å². The van der Waals surface area contributed by atoms with E-state index < -0.39 is 0 Å². The van der Waals surface area contributed by atoms with Gasteiger partial charge in [0.2, 0.25) is 0 Å². The molecule has 1 amide bonds. The van der Waals surface area contributed by atoms with Crippen molar-refractivity contribution in [2.45, 2.75) is 18.9 Å². The van der Waals surface area contributed by atoms with Crippen LogP contribution in [-0.4, -0.2) is 38.0 Å². The molecule has 5 heterocycles. The lowest BCUT2D eigenvalue weighted by Gasteiger charge is -2.42. The van der Waals surface area contributed by atoms with Crippen LogP contribution in [0.2, 0.25) is 0 Å². The van der Waals surface area contributed by atoms with Gasteiger partial charge in [0, 0.05) is 50.7 Å². The van der Waals surface area contributed by atoms with Crippen molar-refractivity contribution in [1.82, 2.24) is 19.0 Å². The van der Waals surface area contributed by atoms with E-state index in [1.165, 1.54) is 12.5 Å². The van der Waals surface area contributed by atoms with Crippen molar-refractivity contribution in [2.75, 3.05) is 13.1 Å². The fraction of sp³-hybridized carbons (Fsp3) is 0.350. The summed E-state index contributed by atoms with van der Waals surface area (Å²) >= 11 is 0. The summed E-state index contributed by atoms with van der Waals surface area (Å²) in [6.07, 6.45) is 7.56. The van der Waals surface area contributed by atoms with E-state index in [0.29, 0.717) is 36.6 Å². The van der Waals surface area contributed by atoms with Gasteiger partial charge in [-0.25, -0.2) is 4.98 Å². The van der Waals surface area contributed by atoms with Crippen LogP contribution in [0, 0.1) is 5.92 Å². The number of pyridine rings is 1.